The highest BCUT2D eigenvalue weighted by molar-refractivity contribution is 5.90. The molecule has 0 bridgehead atoms. The Morgan fingerprint density at radius 2 is 1.85 bits per heavy atom. The van der Waals surface area contributed by atoms with Gasteiger partial charge in [-0.2, -0.15) is 0 Å². The Balaban J connectivity index is 1.62. The molecular formula is C21H12FNO4. The Kier molecular flexibility index (Phi) is 4.22. The summed E-state index contributed by atoms with van der Waals surface area (Å²) in [5.41, 5.74) is 0.643. The zero-order chi connectivity index (χ0) is 18.8. The molecule has 0 saturated heterocycles. The molecule has 0 radical (unpaired) electrons. The van der Waals surface area contributed by atoms with Gasteiger partial charge in [-0.05, 0) is 48.5 Å². The van der Waals surface area contributed by atoms with Crippen molar-refractivity contribution in [3.8, 4) is 17.1 Å². The Morgan fingerprint density at radius 1 is 1.04 bits per heavy atom. The van der Waals surface area contributed by atoms with Crippen LogP contribution in [0.1, 0.15) is 10.4 Å². The maximum Gasteiger partial charge on any atom is 0.345 e. The first-order valence-corrected chi connectivity index (χ1v) is 8.07. The molecule has 2 aromatic heterocycles. The Morgan fingerprint density at radius 3 is 2.59 bits per heavy atom. The molecule has 2 heterocycles. The first-order chi connectivity index (χ1) is 13.1. The van der Waals surface area contributed by atoms with E-state index in [2.05, 4.69) is 4.98 Å². The van der Waals surface area contributed by atoms with Gasteiger partial charge in [-0.1, -0.05) is 6.07 Å². The number of aromatic nitrogens is 1. The molecule has 0 N–H and O–H groups in total. The molecule has 4 aromatic rings. The molecule has 0 atom stereocenters. The van der Waals surface area contributed by atoms with Gasteiger partial charge in [0.15, 0.2) is 5.43 Å². The molecule has 0 aliphatic rings. The minimum Gasteiger partial charge on any atom is -0.456 e. The van der Waals surface area contributed by atoms with E-state index in [1.54, 1.807) is 42.6 Å². The highest BCUT2D eigenvalue weighted by Crippen LogP contribution is 2.25. The number of hydrogen-bond acceptors (Lipinski definition) is 5. The molecule has 5 nitrogen and oxygen atoms in total. The van der Waals surface area contributed by atoms with E-state index in [0.29, 0.717) is 22.6 Å². The van der Waals surface area contributed by atoms with Crippen molar-refractivity contribution < 1.29 is 18.3 Å². The fraction of sp³-hybridized carbons (Fsp3) is 0. The fourth-order valence-electron chi connectivity index (χ4n) is 2.65. The Bertz CT molecular complexity index is 1180. The van der Waals surface area contributed by atoms with Crippen molar-refractivity contribution >= 4 is 16.9 Å². The molecule has 132 valence electrons. The predicted octanol–water partition coefficient (Wildman–Crippen LogP) is 4.21. The van der Waals surface area contributed by atoms with Gasteiger partial charge >= 0.3 is 5.97 Å². The lowest BCUT2D eigenvalue weighted by Crippen LogP contribution is -2.08. The van der Waals surface area contributed by atoms with Crippen molar-refractivity contribution in [2.24, 2.45) is 0 Å². The molecule has 0 unspecified atom stereocenters. The number of carbonyl (C=O) groups is 1. The SMILES string of the molecule is O=C(Oc1ccc(-c2cc(=O)c3c(F)cccc3o2)cc1)c1cccnc1. The van der Waals surface area contributed by atoms with Gasteiger partial charge in [0.05, 0.1) is 5.56 Å². The molecule has 0 spiro atoms. The van der Waals surface area contributed by atoms with Gasteiger partial charge in [0.1, 0.15) is 28.3 Å². The highest BCUT2D eigenvalue weighted by Gasteiger charge is 2.12. The van der Waals surface area contributed by atoms with E-state index in [0.717, 1.165) is 0 Å². The van der Waals surface area contributed by atoms with E-state index in [1.807, 2.05) is 0 Å². The number of pyridine rings is 1. The maximum atomic E-state index is 13.8. The second-order valence-electron chi connectivity index (χ2n) is 5.74. The number of esters is 1. The lowest BCUT2D eigenvalue weighted by atomic mass is 10.1. The fourth-order valence-corrected chi connectivity index (χ4v) is 2.65. The summed E-state index contributed by atoms with van der Waals surface area (Å²) in [5, 5.41) is -0.0803. The van der Waals surface area contributed by atoms with Gasteiger partial charge in [0.2, 0.25) is 0 Å². The third-order valence-corrected chi connectivity index (χ3v) is 3.95. The van der Waals surface area contributed by atoms with Gasteiger partial charge in [-0.25, -0.2) is 9.18 Å². The average Bonchev–Trinajstić information content (AvgIpc) is 2.69. The molecule has 0 aliphatic heterocycles. The monoisotopic (exact) mass is 361 g/mol. The van der Waals surface area contributed by atoms with Crippen molar-refractivity contribution in [2.75, 3.05) is 0 Å². The first-order valence-electron chi connectivity index (χ1n) is 8.07. The summed E-state index contributed by atoms with van der Waals surface area (Å²) in [7, 11) is 0. The minimum atomic E-state index is -0.620. The number of hydrogen-bond donors (Lipinski definition) is 0. The molecule has 4 rings (SSSR count). The summed E-state index contributed by atoms with van der Waals surface area (Å²) in [4.78, 5) is 28.1. The summed E-state index contributed by atoms with van der Waals surface area (Å²) in [6, 6.07) is 15.2. The lowest BCUT2D eigenvalue weighted by Gasteiger charge is -2.06. The number of rotatable bonds is 3. The van der Waals surface area contributed by atoms with Crippen LogP contribution >= 0.6 is 0 Å². The van der Waals surface area contributed by atoms with Gasteiger partial charge < -0.3 is 9.15 Å². The van der Waals surface area contributed by atoms with E-state index in [1.165, 1.54) is 30.5 Å². The van der Waals surface area contributed by atoms with Crippen molar-refractivity contribution in [1.29, 1.82) is 0 Å². The third kappa shape index (κ3) is 3.32. The minimum absolute atomic E-state index is 0.0803. The molecule has 2 aromatic carbocycles. The number of halogens is 1. The van der Waals surface area contributed by atoms with E-state index < -0.39 is 17.2 Å². The van der Waals surface area contributed by atoms with Gasteiger partial charge in [-0.15, -0.1) is 0 Å². The van der Waals surface area contributed by atoms with Crippen LogP contribution in [0.15, 0.2) is 82.3 Å². The predicted molar refractivity (Wildman–Crippen MR) is 97.1 cm³/mol. The topological polar surface area (TPSA) is 69.4 Å². The van der Waals surface area contributed by atoms with Crippen LogP contribution in [-0.2, 0) is 0 Å². The zero-order valence-electron chi connectivity index (χ0n) is 13.9. The van der Waals surface area contributed by atoms with Crippen LogP contribution in [-0.4, -0.2) is 11.0 Å². The Hall–Kier alpha value is -3.80. The normalized spacial score (nSPS) is 10.7. The van der Waals surface area contributed by atoms with Crippen LogP contribution in [0.3, 0.4) is 0 Å². The van der Waals surface area contributed by atoms with E-state index >= 15 is 0 Å². The molecule has 0 saturated carbocycles. The number of carbonyl (C=O) groups excluding carboxylic acids is 1. The van der Waals surface area contributed by atoms with E-state index in [4.69, 9.17) is 9.15 Å². The molecule has 0 amide bonds. The largest absolute Gasteiger partial charge is 0.456 e. The van der Waals surface area contributed by atoms with Crippen molar-refractivity contribution in [1.82, 2.24) is 4.98 Å². The maximum absolute atomic E-state index is 13.8. The molecule has 6 heteroatoms. The van der Waals surface area contributed by atoms with Crippen LogP contribution in [0, 0.1) is 5.82 Å². The first kappa shape index (κ1) is 16.7. The second kappa shape index (κ2) is 6.84. The molecule has 0 fully saturated rings. The van der Waals surface area contributed by atoms with Crippen LogP contribution < -0.4 is 10.2 Å². The van der Waals surface area contributed by atoms with Crippen LogP contribution in [0.5, 0.6) is 5.75 Å². The van der Waals surface area contributed by atoms with Crippen LogP contribution in [0.4, 0.5) is 4.39 Å². The highest BCUT2D eigenvalue weighted by atomic mass is 19.1. The number of ether oxygens (including phenoxy) is 1. The summed E-state index contributed by atoms with van der Waals surface area (Å²) >= 11 is 0. The smallest absolute Gasteiger partial charge is 0.345 e. The summed E-state index contributed by atoms with van der Waals surface area (Å²) in [6.45, 7) is 0. The van der Waals surface area contributed by atoms with Crippen LogP contribution in [0.2, 0.25) is 0 Å². The number of nitrogens with zero attached hydrogens (tertiary/aromatic N) is 1. The lowest BCUT2D eigenvalue weighted by molar-refractivity contribution is 0.0734. The summed E-state index contributed by atoms with van der Waals surface area (Å²) in [6.07, 6.45) is 2.98. The van der Waals surface area contributed by atoms with Crippen molar-refractivity contribution in [2.45, 2.75) is 0 Å². The standard InChI is InChI=1S/C21H12FNO4/c22-16-4-1-5-18-20(16)17(24)11-19(27-18)13-6-8-15(9-7-13)26-21(25)14-3-2-10-23-12-14/h1-12H. The van der Waals surface area contributed by atoms with Gasteiger partial charge in [0.25, 0.3) is 0 Å². The van der Waals surface area contributed by atoms with Crippen molar-refractivity contribution in [3.63, 3.8) is 0 Å². The third-order valence-electron chi connectivity index (χ3n) is 3.95. The van der Waals surface area contributed by atoms with Crippen LogP contribution in [0.25, 0.3) is 22.3 Å². The quantitative estimate of drug-likeness (QED) is 0.404. The van der Waals surface area contributed by atoms with Gasteiger partial charge in [0, 0.05) is 24.0 Å². The van der Waals surface area contributed by atoms with Crippen molar-refractivity contribution in [3.05, 3.63) is 94.7 Å². The summed E-state index contributed by atoms with van der Waals surface area (Å²) in [5.74, 6) is -0.515. The van der Waals surface area contributed by atoms with Gasteiger partial charge in [-0.3, -0.25) is 9.78 Å². The number of fused-ring (bicyclic) bond motifs is 1. The number of benzene rings is 2. The average molecular weight is 361 g/mol. The Labute approximate surface area is 152 Å². The van der Waals surface area contributed by atoms with E-state index in [-0.39, 0.29) is 11.0 Å². The molecular weight excluding hydrogens is 349 g/mol. The van der Waals surface area contributed by atoms with E-state index in [9.17, 15) is 14.0 Å². The molecule has 0 aliphatic carbocycles. The summed E-state index contributed by atoms with van der Waals surface area (Å²) < 4.78 is 24.7. The zero-order valence-corrected chi connectivity index (χ0v) is 13.9. The molecule has 27 heavy (non-hydrogen) atoms. The second-order valence-corrected chi connectivity index (χ2v) is 5.74.